The van der Waals surface area contributed by atoms with Gasteiger partial charge in [0.25, 0.3) is 0 Å². The van der Waals surface area contributed by atoms with Crippen LogP contribution in [0.1, 0.15) is 0 Å². The fourth-order valence-electron chi connectivity index (χ4n) is 9.04. The van der Waals surface area contributed by atoms with Crippen molar-refractivity contribution in [1.82, 2.24) is 24.1 Å². The van der Waals surface area contributed by atoms with Crippen molar-refractivity contribution in [3.63, 3.8) is 0 Å². The summed E-state index contributed by atoms with van der Waals surface area (Å²) in [6.07, 6.45) is 0. The van der Waals surface area contributed by atoms with Crippen LogP contribution in [0.3, 0.4) is 0 Å². The summed E-state index contributed by atoms with van der Waals surface area (Å²) in [4.78, 5) is 15.7. The maximum absolute atomic E-state index is 6.56. The summed E-state index contributed by atoms with van der Waals surface area (Å²) in [6.45, 7) is 0. The first-order valence-corrected chi connectivity index (χ1v) is 19.4. The number of para-hydroxylation sites is 5. The molecule has 0 fully saturated rings. The van der Waals surface area contributed by atoms with E-state index in [2.05, 4.69) is 143 Å². The molecule has 8 aromatic carbocycles. The average molecular weight is 744 g/mol. The van der Waals surface area contributed by atoms with Crippen molar-refractivity contribution in [2.45, 2.75) is 0 Å². The molecule has 0 saturated carbocycles. The topological polar surface area (TPSA) is 74.8 Å². The fraction of sp³-hybridized carbons (Fsp3) is 0. The summed E-state index contributed by atoms with van der Waals surface area (Å²) in [5.74, 6) is 1.63. The number of hydrogen-bond donors (Lipinski definition) is 0. The van der Waals surface area contributed by atoms with Crippen LogP contribution in [0, 0.1) is 0 Å². The minimum absolute atomic E-state index is 0.533. The van der Waals surface area contributed by atoms with E-state index in [1.165, 1.54) is 10.8 Å². The number of nitrogens with zero attached hydrogens (tertiary/aromatic N) is 5. The van der Waals surface area contributed by atoms with Gasteiger partial charge in [-0.25, -0.2) is 4.98 Å². The second-order valence-electron chi connectivity index (χ2n) is 14.8. The maximum atomic E-state index is 6.56. The Morgan fingerprint density at radius 1 is 0.328 bits per heavy atom. The Morgan fingerprint density at radius 3 is 1.47 bits per heavy atom. The van der Waals surface area contributed by atoms with Gasteiger partial charge >= 0.3 is 0 Å². The number of aromatic nitrogens is 5. The van der Waals surface area contributed by atoms with Gasteiger partial charge in [0.2, 0.25) is 5.95 Å². The molecular weight excluding hydrogens is 715 g/mol. The highest BCUT2D eigenvalue weighted by atomic mass is 16.3. The molecule has 5 heterocycles. The van der Waals surface area contributed by atoms with Crippen molar-refractivity contribution >= 4 is 87.5 Å². The molecule has 0 spiro atoms. The Hall–Kier alpha value is -8.03. The molecule has 0 aliphatic heterocycles. The highest BCUT2D eigenvalue weighted by Gasteiger charge is 2.21. The number of benzene rings is 8. The van der Waals surface area contributed by atoms with E-state index in [-0.39, 0.29) is 0 Å². The fourth-order valence-corrected chi connectivity index (χ4v) is 9.04. The SMILES string of the molecule is c1ccc2c(c1)oc1cc(-c3nc(-c4ccc5oc6cccc(-n7c8ccccc8c8ccccc87)c6c5c4)nc(-n4c5ccccc5c5ccccc54)n3)ccc12. The summed E-state index contributed by atoms with van der Waals surface area (Å²) in [5, 5.41) is 8.81. The van der Waals surface area contributed by atoms with Crippen LogP contribution in [0.4, 0.5) is 0 Å². The molecule has 270 valence electrons. The van der Waals surface area contributed by atoms with Gasteiger partial charge in [0.05, 0.1) is 33.1 Å². The summed E-state index contributed by atoms with van der Waals surface area (Å²) in [6, 6.07) is 60.8. The third kappa shape index (κ3) is 4.41. The van der Waals surface area contributed by atoms with Crippen molar-refractivity contribution in [3.8, 4) is 34.4 Å². The minimum atomic E-state index is 0.533. The normalized spacial score (nSPS) is 12.1. The van der Waals surface area contributed by atoms with Gasteiger partial charge in [0.15, 0.2) is 11.6 Å². The molecule has 0 bridgehead atoms. The summed E-state index contributed by atoms with van der Waals surface area (Å²) in [7, 11) is 0. The Morgan fingerprint density at radius 2 is 0.810 bits per heavy atom. The number of hydrogen-bond acceptors (Lipinski definition) is 5. The molecule has 58 heavy (non-hydrogen) atoms. The maximum Gasteiger partial charge on any atom is 0.238 e. The number of fused-ring (bicyclic) bond motifs is 12. The molecule has 0 atom stereocenters. The third-order valence-electron chi connectivity index (χ3n) is 11.6. The van der Waals surface area contributed by atoms with E-state index >= 15 is 0 Å². The molecule has 0 N–H and O–H groups in total. The minimum Gasteiger partial charge on any atom is -0.456 e. The molecule has 7 nitrogen and oxygen atoms in total. The van der Waals surface area contributed by atoms with E-state index in [1.807, 2.05) is 42.5 Å². The van der Waals surface area contributed by atoms with Crippen LogP contribution in [0.25, 0.3) is 122 Å². The Labute approximate surface area is 329 Å². The third-order valence-corrected chi connectivity index (χ3v) is 11.6. The van der Waals surface area contributed by atoms with Gasteiger partial charge in [-0.3, -0.25) is 4.57 Å². The molecule has 13 rings (SSSR count). The lowest BCUT2D eigenvalue weighted by molar-refractivity contribution is 0.668. The summed E-state index contributed by atoms with van der Waals surface area (Å²) in [5.41, 5.74) is 10.3. The van der Waals surface area contributed by atoms with Crippen molar-refractivity contribution in [2.75, 3.05) is 0 Å². The first kappa shape index (κ1) is 31.2. The van der Waals surface area contributed by atoms with Crippen LogP contribution >= 0.6 is 0 Å². The molecule has 0 aliphatic carbocycles. The van der Waals surface area contributed by atoms with Crippen LogP contribution in [0.15, 0.2) is 185 Å². The monoisotopic (exact) mass is 743 g/mol. The van der Waals surface area contributed by atoms with Crippen LogP contribution < -0.4 is 0 Å². The Bertz CT molecular complexity index is 3720. The van der Waals surface area contributed by atoms with Crippen molar-refractivity contribution in [3.05, 3.63) is 176 Å². The van der Waals surface area contributed by atoms with Gasteiger partial charge < -0.3 is 13.4 Å². The largest absolute Gasteiger partial charge is 0.456 e. The molecule has 5 aromatic heterocycles. The standard InChI is InChI=1S/C51H29N5O2/c1-6-17-39-32(12-1)33-13-2-7-18-40(33)55(39)43-21-11-23-46-48(43)38-28-30(25-27-45(38)57-46)49-52-50(31-24-26-37-36-16-5-10-22-44(36)58-47(37)29-31)54-51(53-49)56-41-19-8-3-14-34(41)35-15-4-9-20-42(35)56/h1-29H. The van der Waals surface area contributed by atoms with Gasteiger partial charge in [0, 0.05) is 48.8 Å². The molecule has 0 radical (unpaired) electrons. The van der Waals surface area contributed by atoms with Crippen molar-refractivity contribution < 1.29 is 8.83 Å². The smallest absolute Gasteiger partial charge is 0.238 e. The molecule has 0 unspecified atom stereocenters. The van der Waals surface area contributed by atoms with Gasteiger partial charge in [0.1, 0.15) is 22.3 Å². The zero-order chi connectivity index (χ0) is 37.9. The number of rotatable bonds is 4. The first-order chi connectivity index (χ1) is 28.7. The van der Waals surface area contributed by atoms with Crippen LogP contribution in [0.5, 0.6) is 0 Å². The van der Waals surface area contributed by atoms with Gasteiger partial charge in [-0.05, 0) is 72.8 Å². The van der Waals surface area contributed by atoms with E-state index in [1.54, 1.807) is 0 Å². The van der Waals surface area contributed by atoms with E-state index in [4.69, 9.17) is 23.8 Å². The molecular formula is C51H29N5O2. The average Bonchev–Trinajstić information content (AvgIpc) is 4.03. The Kier molecular flexibility index (Phi) is 6.32. The molecule has 0 amide bonds. The summed E-state index contributed by atoms with van der Waals surface area (Å²) < 4.78 is 17.4. The van der Waals surface area contributed by atoms with Gasteiger partial charge in [-0.15, -0.1) is 0 Å². The summed E-state index contributed by atoms with van der Waals surface area (Å²) >= 11 is 0. The lowest BCUT2D eigenvalue weighted by Crippen LogP contribution is -2.06. The van der Waals surface area contributed by atoms with Crippen molar-refractivity contribution in [1.29, 1.82) is 0 Å². The number of furan rings is 2. The van der Waals surface area contributed by atoms with Crippen LogP contribution in [-0.2, 0) is 0 Å². The second kappa shape index (κ2) is 11.7. The van der Waals surface area contributed by atoms with Gasteiger partial charge in [-0.1, -0.05) is 103 Å². The molecule has 7 heteroatoms. The lowest BCUT2D eigenvalue weighted by Gasteiger charge is -2.11. The van der Waals surface area contributed by atoms with Gasteiger partial charge in [-0.2, -0.15) is 9.97 Å². The Balaban J connectivity index is 1.07. The second-order valence-corrected chi connectivity index (χ2v) is 14.8. The lowest BCUT2D eigenvalue weighted by atomic mass is 10.1. The quantitative estimate of drug-likeness (QED) is 0.179. The first-order valence-electron chi connectivity index (χ1n) is 19.4. The highest BCUT2D eigenvalue weighted by Crippen LogP contribution is 2.40. The zero-order valence-corrected chi connectivity index (χ0v) is 30.8. The molecule has 0 aliphatic rings. The van der Waals surface area contributed by atoms with E-state index in [0.717, 1.165) is 93.5 Å². The molecule has 13 aromatic rings. The predicted molar refractivity (Wildman–Crippen MR) is 234 cm³/mol. The zero-order valence-electron chi connectivity index (χ0n) is 30.8. The van der Waals surface area contributed by atoms with Crippen molar-refractivity contribution in [2.24, 2.45) is 0 Å². The highest BCUT2D eigenvalue weighted by molar-refractivity contribution is 6.15. The van der Waals surface area contributed by atoms with E-state index in [0.29, 0.717) is 17.6 Å². The van der Waals surface area contributed by atoms with E-state index < -0.39 is 0 Å². The van der Waals surface area contributed by atoms with Crippen LogP contribution in [-0.4, -0.2) is 24.1 Å². The molecule has 0 saturated heterocycles. The predicted octanol–water partition coefficient (Wildman–Crippen LogP) is 13.2. The van der Waals surface area contributed by atoms with Crippen LogP contribution in [0.2, 0.25) is 0 Å². The van der Waals surface area contributed by atoms with E-state index in [9.17, 15) is 0 Å².